The Morgan fingerprint density at radius 1 is 1.56 bits per heavy atom. The van der Waals surface area contributed by atoms with Crippen LogP contribution in [-0.4, -0.2) is 16.1 Å². The van der Waals surface area contributed by atoms with Crippen molar-refractivity contribution in [2.75, 3.05) is 0 Å². The van der Waals surface area contributed by atoms with E-state index in [1.165, 1.54) is 11.3 Å². The maximum atomic E-state index is 12.0. The van der Waals surface area contributed by atoms with E-state index in [9.17, 15) is 4.79 Å². The zero-order valence-corrected chi connectivity index (χ0v) is 11.9. The lowest BCUT2D eigenvalue weighted by Gasteiger charge is -2.14. The van der Waals surface area contributed by atoms with Crippen molar-refractivity contribution >= 4 is 28.8 Å². The standard InChI is InChI=1S/C12H14ClN3OS/c1-6(10-7(2)15-16-8(10)3)14-12(17)11-9(13)4-5-18-11/h4-6H,1-3H3,(H,14,17)(H,15,16)/t6-/m0/s1. The zero-order valence-electron chi connectivity index (χ0n) is 10.4. The summed E-state index contributed by atoms with van der Waals surface area (Å²) in [5.41, 5.74) is 2.89. The summed E-state index contributed by atoms with van der Waals surface area (Å²) in [5, 5.41) is 12.3. The van der Waals surface area contributed by atoms with Gasteiger partial charge in [-0.25, -0.2) is 0 Å². The number of nitrogens with zero attached hydrogens (tertiary/aromatic N) is 1. The molecule has 0 saturated heterocycles. The minimum absolute atomic E-state index is 0.102. The Balaban J connectivity index is 2.16. The van der Waals surface area contributed by atoms with E-state index in [4.69, 9.17) is 11.6 Å². The predicted octanol–water partition coefficient (Wildman–Crippen LogP) is 3.23. The van der Waals surface area contributed by atoms with Crippen molar-refractivity contribution in [2.24, 2.45) is 0 Å². The molecule has 2 heterocycles. The molecule has 2 rings (SSSR count). The maximum absolute atomic E-state index is 12.0. The molecule has 0 saturated carbocycles. The molecular weight excluding hydrogens is 270 g/mol. The van der Waals surface area contributed by atoms with Crippen LogP contribution in [0.15, 0.2) is 11.4 Å². The number of hydrogen-bond donors (Lipinski definition) is 2. The van der Waals surface area contributed by atoms with E-state index in [-0.39, 0.29) is 11.9 Å². The Labute approximate surface area is 114 Å². The van der Waals surface area contributed by atoms with Gasteiger partial charge in [0.2, 0.25) is 0 Å². The topological polar surface area (TPSA) is 57.8 Å². The first-order chi connectivity index (χ1) is 8.50. The molecular formula is C12H14ClN3OS. The first-order valence-electron chi connectivity index (χ1n) is 5.56. The van der Waals surface area contributed by atoms with Gasteiger partial charge in [0.15, 0.2) is 0 Å². The summed E-state index contributed by atoms with van der Waals surface area (Å²) in [5.74, 6) is -0.150. The van der Waals surface area contributed by atoms with Crippen molar-refractivity contribution in [3.63, 3.8) is 0 Å². The van der Waals surface area contributed by atoms with E-state index in [1.54, 1.807) is 11.4 Å². The summed E-state index contributed by atoms with van der Waals surface area (Å²) >= 11 is 7.27. The average molecular weight is 284 g/mol. The summed E-state index contributed by atoms with van der Waals surface area (Å²) < 4.78 is 0. The lowest BCUT2D eigenvalue weighted by molar-refractivity contribution is 0.0944. The van der Waals surface area contributed by atoms with Gasteiger partial charge in [-0.1, -0.05) is 11.6 Å². The van der Waals surface area contributed by atoms with E-state index < -0.39 is 0 Å². The average Bonchev–Trinajstić information content (AvgIpc) is 2.85. The molecule has 0 unspecified atom stereocenters. The van der Waals surface area contributed by atoms with E-state index in [0.717, 1.165) is 17.0 Å². The fraction of sp³-hybridized carbons (Fsp3) is 0.333. The SMILES string of the molecule is Cc1n[nH]c(C)c1[C@H](C)NC(=O)c1sccc1Cl. The van der Waals surface area contributed by atoms with Crippen molar-refractivity contribution in [3.05, 3.63) is 38.3 Å². The van der Waals surface area contributed by atoms with E-state index in [1.807, 2.05) is 20.8 Å². The van der Waals surface area contributed by atoms with Crippen LogP contribution in [0.2, 0.25) is 5.02 Å². The van der Waals surface area contributed by atoms with E-state index in [2.05, 4.69) is 15.5 Å². The Bertz CT molecular complexity index is 556. The van der Waals surface area contributed by atoms with Crippen LogP contribution >= 0.6 is 22.9 Å². The van der Waals surface area contributed by atoms with Crippen LogP contribution in [-0.2, 0) is 0 Å². The predicted molar refractivity (Wildman–Crippen MR) is 73.3 cm³/mol. The molecule has 2 aromatic rings. The maximum Gasteiger partial charge on any atom is 0.263 e. The van der Waals surface area contributed by atoms with Crippen LogP contribution in [0.1, 0.15) is 39.6 Å². The van der Waals surface area contributed by atoms with Crippen LogP contribution in [0.3, 0.4) is 0 Å². The molecule has 0 aromatic carbocycles. The highest BCUT2D eigenvalue weighted by Gasteiger charge is 2.19. The quantitative estimate of drug-likeness (QED) is 0.908. The Morgan fingerprint density at radius 2 is 2.28 bits per heavy atom. The van der Waals surface area contributed by atoms with E-state index in [0.29, 0.717) is 9.90 Å². The molecule has 0 aliphatic rings. The van der Waals surface area contributed by atoms with Crippen LogP contribution in [0.25, 0.3) is 0 Å². The molecule has 4 nitrogen and oxygen atoms in total. The second kappa shape index (κ2) is 5.12. The molecule has 0 fully saturated rings. The molecule has 0 aliphatic heterocycles. The number of amides is 1. The highest BCUT2D eigenvalue weighted by molar-refractivity contribution is 7.12. The number of thiophene rings is 1. The number of hydrogen-bond acceptors (Lipinski definition) is 3. The normalized spacial score (nSPS) is 12.4. The van der Waals surface area contributed by atoms with Gasteiger partial charge in [0.05, 0.1) is 16.8 Å². The second-order valence-corrected chi connectivity index (χ2v) is 5.46. The van der Waals surface area contributed by atoms with Gasteiger partial charge in [-0.15, -0.1) is 11.3 Å². The number of halogens is 1. The van der Waals surface area contributed by atoms with Crippen molar-refractivity contribution in [2.45, 2.75) is 26.8 Å². The number of H-pyrrole nitrogens is 1. The van der Waals surface area contributed by atoms with Gasteiger partial charge in [0.1, 0.15) is 4.88 Å². The van der Waals surface area contributed by atoms with Gasteiger partial charge in [-0.2, -0.15) is 5.10 Å². The molecule has 1 atom stereocenters. The Morgan fingerprint density at radius 3 is 2.78 bits per heavy atom. The highest BCUT2D eigenvalue weighted by atomic mass is 35.5. The Hall–Kier alpha value is -1.33. The molecule has 1 amide bonds. The van der Waals surface area contributed by atoms with Crippen LogP contribution in [0.5, 0.6) is 0 Å². The summed E-state index contributed by atoms with van der Waals surface area (Å²) in [6, 6.07) is 1.62. The number of rotatable bonds is 3. The van der Waals surface area contributed by atoms with Gasteiger partial charge in [-0.3, -0.25) is 9.89 Å². The Kier molecular flexibility index (Phi) is 3.73. The molecule has 2 N–H and O–H groups in total. The molecule has 0 spiro atoms. The molecule has 0 radical (unpaired) electrons. The summed E-state index contributed by atoms with van der Waals surface area (Å²) in [6.45, 7) is 5.79. The summed E-state index contributed by atoms with van der Waals surface area (Å²) in [7, 11) is 0. The van der Waals surface area contributed by atoms with Gasteiger partial charge in [0.25, 0.3) is 5.91 Å². The number of aromatic amines is 1. The molecule has 96 valence electrons. The fourth-order valence-electron chi connectivity index (χ4n) is 1.99. The summed E-state index contributed by atoms with van der Waals surface area (Å²) in [6.07, 6.45) is 0. The number of carbonyl (C=O) groups excluding carboxylic acids is 1. The number of aryl methyl sites for hydroxylation is 2. The number of aromatic nitrogens is 2. The molecule has 6 heteroatoms. The monoisotopic (exact) mass is 283 g/mol. The van der Waals surface area contributed by atoms with Crippen molar-refractivity contribution in [1.82, 2.24) is 15.5 Å². The zero-order chi connectivity index (χ0) is 13.3. The van der Waals surface area contributed by atoms with Gasteiger partial charge in [0, 0.05) is 11.3 Å². The van der Waals surface area contributed by atoms with Crippen LogP contribution in [0, 0.1) is 13.8 Å². The lowest BCUT2D eigenvalue weighted by atomic mass is 10.1. The number of nitrogens with one attached hydrogen (secondary N) is 2. The van der Waals surface area contributed by atoms with Crippen LogP contribution in [0.4, 0.5) is 0 Å². The molecule has 2 aromatic heterocycles. The van der Waals surface area contributed by atoms with Crippen molar-refractivity contribution < 1.29 is 4.79 Å². The second-order valence-electron chi connectivity index (χ2n) is 4.14. The third kappa shape index (κ3) is 2.42. The van der Waals surface area contributed by atoms with Gasteiger partial charge < -0.3 is 5.32 Å². The molecule has 18 heavy (non-hydrogen) atoms. The van der Waals surface area contributed by atoms with E-state index >= 15 is 0 Å². The largest absolute Gasteiger partial charge is 0.345 e. The smallest absolute Gasteiger partial charge is 0.263 e. The van der Waals surface area contributed by atoms with Gasteiger partial charge in [-0.05, 0) is 32.2 Å². The van der Waals surface area contributed by atoms with Gasteiger partial charge >= 0.3 is 0 Å². The third-order valence-corrected chi connectivity index (χ3v) is 4.13. The third-order valence-electron chi connectivity index (χ3n) is 2.79. The highest BCUT2D eigenvalue weighted by Crippen LogP contribution is 2.24. The fourth-order valence-corrected chi connectivity index (χ4v) is 3.03. The summed E-state index contributed by atoms with van der Waals surface area (Å²) in [4.78, 5) is 12.6. The minimum Gasteiger partial charge on any atom is -0.345 e. The van der Waals surface area contributed by atoms with Crippen LogP contribution < -0.4 is 5.32 Å². The first kappa shape index (κ1) is 13.1. The number of carbonyl (C=O) groups is 1. The molecule has 0 aliphatic carbocycles. The minimum atomic E-state index is -0.150. The molecule has 0 bridgehead atoms. The first-order valence-corrected chi connectivity index (χ1v) is 6.81. The lowest BCUT2D eigenvalue weighted by Crippen LogP contribution is -2.26. The van der Waals surface area contributed by atoms with Crippen molar-refractivity contribution in [1.29, 1.82) is 0 Å². The van der Waals surface area contributed by atoms with Crippen molar-refractivity contribution in [3.8, 4) is 0 Å².